The van der Waals surface area contributed by atoms with E-state index in [1.165, 1.54) is 0 Å². The summed E-state index contributed by atoms with van der Waals surface area (Å²) in [6, 6.07) is 14.4. The quantitative estimate of drug-likeness (QED) is 0.617. The molecule has 3 nitrogen and oxygen atoms in total. The van der Waals surface area contributed by atoms with Gasteiger partial charge in [0.15, 0.2) is 5.78 Å². The van der Waals surface area contributed by atoms with Crippen molar-refractivity contribution in [2.75, 3.05) is 0 Å². The summed E-state index contributed by atoms with van der Waals surface area (Å²) in [4.78, 5) is 17.2. The van der Waals surface area contributed by atoms with Gasteiger partial charge in [-0.1, -0.05) is 49.4 Å². The largest absolute Gasteiger partial charge is 0.511 e. The van der Waals surface area contributed by atoms with Gasteiger partial charge in [-0.2, -0.15) is 0 Å². The van der Waals surface area contributed by atoms with Crippen LogP contribution in [0.4, 0.5) is 0 Å². The van der Waals surface area contributed by atoms with Gasteiger partial charge >= 0.3 is 0 Å². The van der Waals surface area contributed by atoms with Gasteiger partial charge in [-0.05, 0) is 42.5 Å². The minimum Gasteiger partial charge on any atom is -0.511 e. The van der Waals surface area contributed by atoms with Gasteiger partial charge in [-0.15, -0.1) is 0 Å². The van der Waals surface area contributed by atoms with E-state index in [4.69, 9.17) is 0 Å². The highest BCUT2D eigenvalue weighted by Gasteiger charge is 2.26. The molecule has 2 aromatic rings. The number of Topliss-reactive ketones (excluding diaryl/α,β-unsaturated/α-hetero) is 1. The zero-order valence-electron chi connectivity index (χ0n) is 15.0. The van der Waals surface area contributed by atoms with Crippen LogP contribution in [0.15, 0.2) is 58.8 Å². The number of hydrogen-bond donors (Lipinski definition) is 1. The number of aliphatic imine (C=N–C) groups is 1. The third-order valence-corrected chi connectivity index (χ3v) is 4.88. The van der Waals surface area contributed by atoms with E-state index in [1.807, 2.05) is 31.2 Å². The molecule has 0 radical (unpaired) electrons. The Balaban J connectivity index is 2.01. The predicted octanol–water partition coefficient (Wildman–Crippen LogP) is 5.19. The summed E-state index contributed by atoms with van der Waals surface area (Å²) in [5.74, 6) is 0.175. The molecule has 1 atom stereocenters. The second-order valence-corrected chi connectivity index (χ2v) is 6.75. The number of aliphatic hydroxyl groups excluding tert-OH is 1. The van der Waals surface area contributed by atoms with Crippen LogP contribution in [0, 0.1) is 0 Å². The Morgan fingerprint density at radius 2 is 1.92 bits per heavy atom. The van der Waals surface area contributed by atoms with Crippen molar-refractivity contribution in [2.45, 2.75) is 52.0 Å². The molecule has 25 heavy (non-hydrogen) atoms. The topological polar surface area (TPSA) is 49.7 Å². The van der Waals surface area contributed by atoms with Crippen LogP contribution in [0.2, 0.25) is 0 Å². The van der Waals surface area contributed by atoms with E-state index in [2.05, 4.69) is 30.1 Å². The van der Waals surface area contributed by atoms with E-state index in [0.717, 1.165) is 41.3 Å². The van der Waals surface area contributed by atoms with E-state index < -0.39 is 0 Å². The van der Waals surface area contributed by atoms with Gasteiger partial charge < -0.3 is 5.11 Å². The van der Waals surface area contributed by atoms with Gasteiger partial charge in [-0.3, -0.25) is 9.79 Å². The van der Waals surface area contributed by atoms with E-state index in [9.17, 15) is 9.90 Å². The van der Waals surface area contributed by atoms with Crippen LogP contribution in [0.25, 0.3) is 10.8 Å². The van der Waals surface area contributed by atoms with E-state index >= 15 is 0 Å². The molecule has 3 heteroatoms. The van der Waals surface area contributed by atoms with E-state index in [-0.39, 0.29) is 17.6 Å². The summed E-state index contributed by atoms with van der Waals surface area (Å²) >= 11 is 0. The van der Waals surface area contributed by atoms with Crippen molar-refractivity contribution in [1.82, 2.24) is 0 Å². The first kappa shape index (κ1) is 17.4. The molecule has 1 aliphatic carbocycles. The predicted molar refractivity (Wildman–Crippen MR) is 103 cm³/mol. The number of fused-ring (bicyclic) bond motifs is 1. The molecule has 0 heterocycles. The van der Waals surface area contributed by atoms with Crippen LogP contribution in [0.1, 0.15) is 45.1 Å². The lowest BCUT2D eigenvalue weighted by Gasteiger charge is -2.19. The molecular weight excluding hydrogens is 310 g/mol. The maximum absolute atomic E-state index is 12.5. The van der Waals surface area contributed by atoms with Crippen molar-refractivity contribution in [3.8, 4) is 0 Å². The number of carbonyl (C=O) groups excluding carboxylic acids is 1. The summed E-state index contributed by atoms with van der Waals surface area (Å²) in [5.41, 5.74) is 2.27. The number of nitrogens with zero attached hydrogens (tertiary/aromatic N) is 1. The smallest absolute Gasteiger partial charge is 0.168 e. The van der Waals surface area contributed by atoms with Crippen molar-refractivity contribution in [3.63, 3.8) is 0 Å². The molecule has 0 aliphatic heterocycles. The summed E-state index contributed by atoms with van der Waals surface area (Å²) in [6.07, 6.45) is 3.37. The number of ketones is 1. The van der Waals surface area contributed by atoms with Crippen LogP contribution in [0.5, 0.6) is 0 Å². The number of allylic oxidation sites excluding steroid dienone is 2. The Kier molecular flexibility index (Phi) is 5.32. The fraction of sp³-hybridized carbons (Fsp3) is 0.364. The monoisotopic (exact) mass is 335 g/mol. The molecule has 1 N–H and O–H groups in total. The molecule has 1 fully saturated rings. The number of carbonyl (C=O) groups is 1. The van der Waals surface area contributed by atoms with Crippen molar-refractivity contribution < 1.29 is 9.90 Å². The number of rotatable bonds is 4. The first-order chi connectivity index (χ1) is 12.1. The lowest BCUT2D eigenvalue weighted by atomic mass is 9.88. The maximum Gasteiger partial charge on any atom is 0.168 e. The highest BCUT2D eigenvalue weighted by Crippen LogP contribution is 2.26. The molecule has 1 aliphatic rings. The molecule has 1 saturated carbocycles. The molecule has 0 aromatic heterocycles. The van der Waals surface area contributed by atoms with Gasteiger partial charge in [-0.25, -0.2) is 0 Å². The van der Waals surface area contributed by atoms with Crippen LogP contribution in [-0.4, -0.2) is 22.6 Å². The fourth-order valence-electron chi connectivity index (χ4n) is 3.36. The van der Waals surface area contributed by atoms with Gasteiger partial charge in [0.1, 0.15) is 5.76 Å². The molecule has 0 bridgehead atoms. The molecular formula is C22H25NO2. The lowest BCUT2D eigenvalue weighted by Crippen LogP contribution is -2.23. The second-order valence-electron chi connectivity index (χ2n) is 6.75. The molecule has 0 amide bonds. The van der Waals surface area contributed by atoms with E-state index in [0.29, 0.717) is 18.4 Å². The fourth-order valence-corrected chi connectivity index (χ4v) is 3.36. The minimum absolute atomic E-state index is 0.0195. The van der Waals surface area contributed by atoms with Crippen molar-refractivity contribution in [3.05, 3.63) is 59.4 Å². The SMILES string of the molecule is CCC(C)N=C1CCCC(=O)C1=C(O)Cc1cccc2ccccc12. The standard InChI is InChI=1S/C22H25NO2/c1-3-15(2)23-19-12-7-13-20(24)22(19)21(25)14-17-10-6-9-16-8-4-5-11-18(16)17/h4-6,8-11,15,25H,3,7,12-14H2,1-2H3. The summed E-state index contributed by atoms with van der Waals surface area (Å²) in [6.45, 7) is 4.13. The zero-order chi connectivity index (χ0) is 17.8. The van der Waals surface area contributed by atoms with Gasteiger partial charge in [0.2, 0.25) is 0 Å². The zero-order valence-corrected chi connectivity index (χ0v) is 15.0. The Morgan fingerprint density at radius 3 is 2.72 bits per heavy atom. The van der Waals surface area contributed by atoms with Gasteiger partial charge in [0.25, 0.3) is 0 Å². The second kappa shape index (κ2) is 7.64. The van der Waals surface area contributed by atoms with Crippen LogP contribution in [0.3, 0.4) is 0 Å². The molecule has 3 rings (SSSR count). The summed E-state index contributed by atoms with van der Waals surface area (Å²) in [5, 5.41) is 13.0. The minimum atomic E-state index is 0.0195. The molecule has 1 unspecified atom stereocenters. The molecule has 2 aromatic carbocycles. The first-order valence-corrected chi connectivity index (χ1v) is 9.09. The first-order valence-electron chi connectivity index (χ1n) is 9.09. The Hall–Kier alpha value is -2.42. The normalized spacial score (nSPS) is 20.1. The average Bonchev–Trinajstić information content (AvgIpc) is 2.62. The third kappa shape index (κ3) is 3.81. The van der Waals surface area contributed by atoms with Crippen molar-refractivity contribution >= 4 is 22.3 Å². The van der Waals surface area contributed by atoms with Crippen LogP contribution >= 0.6 is 0 Å². The lowest BCUT2D eigenvalue weighted by molar-refractivity contribution is -0.115. The number of benzene rings is 2. The van der Waals surface area contributed by atoms with Crippen LogP contribution < -0.4 is 0 Å². The highest BCUT2D eigenvalue weighted by atomic mass is 16.3. The highest BCUT2D eigenvalue weighted by molar-refractivity contribution is 6.24. The Labute approximate surface area is 149 Å². The maximum atomic E-state index is 12.5. The van der Waals surface area contributed by atoms with Gasteiger partial charge in [0.05, 0.1) is 5.57 Å². The average molecular weight is 335 g/mol. The molecule has 130 valence electrons. The Morgan fingerprint density at radius 1 is 1.16 bits per heavy atom. The van der Waals surface area contributed by atoms with Crippen LogP contribution in [-0.2, 0) is 11.2 Å². The Bertz CT molecular complexity index is 843. The number of hydrogen-bond acceptors (Lipinski definition) is 3. The van der Waals surface area contributed by atoms with Crippen molar-refractivity contribution in [2.24, 2.45) is 4.99 Å². The molecule has 0 spiro atoms. The molecule has 0 saturated heterocycles. The third-order valence-electron chi connectivity index (χ3n) is 4.88. The number of aliphatic hydroxyl groups is 1. The summed E-state index contributed by atoms with van der Waals surface area (Å²) < 4.78 is 0. The van der Waals surface area contributed by atoms with Gasteiger partial charge in [0, 0.05) is 24.6 Å². The van der Waals surface area contributed by atoms with Crippen molar-refractivity contribution in [1.29, 1.82) is 0 Å². The summed E-state index contributed by atoms with van der Waals surface area (Å²) in [7, 11) is 0. The van der Waals surface area contributed by atoms with E-state index in [1.54, 1.807) is 0 Å².